The molecule has 0 saturated carbocycles. The lowest BCUT2D eigenvalue weighted by molar-refractivity contribution is -0.385. The second kappa shape index (κ2) is 7.46. The molecule has 7 nitrogen and oxygen atoms in total. The molecule has 2 aromatic rings. The highest BCUT2D eigenvalue weighted by Gasteiger charge is 2.11. The minimum atomic E-state index is -0.686. The molecule has 0 heterocycles. The van der Waals surface area contributed by atoms with Crippen LogP contribution in [0.4, 0.5) is 11.4 Å². The summed E-state index contributed by atoms with van der Waals surface area (Å²) in [5.74, 6) is 0. The van der Waals surface area contributed by atoms with Crippen LogP contribution in [0, 0.1) is 20.2 Å². The number of hydrogen-bond acceptors (Lipinski definition) is 5. The number of aryl methyl sites for hydroxylation is 1. The van der Waals surface area contributed by atoms with Gasteiger partial charge < -0.3 is 5.11 Å². The highest BCUT2D eigenvalue weighted by molar-refractivity contribution is 5.34. The van der Waals surface area contributed by atoms with Crippen molar-refractivity contribution in [1.82, 2.24) is 0 Å². The van der Waals surface area contributed by atoms with Gasteiger partial charge in [-0.15, -0.1) is 0 Å². The lowest BCUT2D eigenvalue weighted by atomic mass is 10.0. The Morgan fingerprint density at radius 3 is 1.83 bits per heavy atom. The van der Waals surface area contributed by atoms with Crippen molar-refractivity contribution in [3.63, 3.8) is 0 Å². The van der Waals surface area contributed by atoms with Crippen LogP contribution in [0.5, 0.6) is 0 Å². The molecule has 1 N–H and O–H groups in total. The van der Waals surface area contributed by atoms with E-state index in [4.69, 9.17) is 0 Å². The molecule has 0 amide bonds. The second-order valence-electron chi connectivity index (χ2n) is 5.18. The third kappa shape index (κ3) is 4.58. The largest absolute Gasteiger partial charge is 0.388 e. The highest BCUT2D eigenvalue weighted by atomic mass is 16.6. The van der Waals surface area contributed by atoms with E-state index in [0.29, 0.717) is 24.8 Å². The van der Waals surface area contributed by atoms with E-state index in [9.17, 15) is 25.3 Å². The summed E-state index contributed by atoms with van der Waals surface area (Å²) < 4.78 is 0. The minimum Gasteiger partial charge on any atom is -0.388 e. The molecule has 2 aromatic carbocycles. The zero-order valence-corrected chi connectivity index (χ0v) is 12.3. The molecular weight excluding hydrogens is 300 g/mol. The van der Waals surface area contributed by atoms with Crippen molar-refractivity contribution in [2.24, 2.45) is 0 Å². The SMILES string of the molecule is O=[N+]([O-])c1ccc(CCCC(O)c2ccc([N+](=O)[O-])cc2)cc1. The van der Waals surface area contributed by atoms with Gasteiger partial charge in [-0.05, 0) is 42.5 Å². The summed E-state index contributed by atoms with van der Waals surface area (Å²) >= 11 is 0. The summed E-state index contributed by atoms with van der Waals surface area (Å²) in [5.41, 5.74) is 1.65. The number of non-ortho nitro benzene ring substituents is 2. The molecule has 0 radical (unpaired) electrons. The van der Waals surface area contributed by atoms with Crippen LogP contribution in [-0.2, 0) is 6.42 Å². The van der Waals surface area contributed by atoms with Gasteiger partial charge in [0.1, 0.15) is 0 Å². The second-order valence-corrected chi connectivity index (χ2v) is 5.18. The molecule has 0 aliphatic carbocycles. The van der Waals surface area contributed by atoms with Gasteiger partial charge in [0.05, 0.1) is 16.0 Å². The predicted molar refractivity (Wildman–Crippen MR) is 84.1 cm³/mol. The highest BCUT2D eigenvalue weighted by Crippen LogP contribution is 2.22. The fourth-order valence-electron chi connectivity index (χ4n) is 2.27. The number of rotatable bonds is 7. The maximum Gasteiger partial charge on any atom is 0.269 e. The Labute approximate surface area is 132 Å². The molecule has 2 rings (SSSR count). The Hall–Kier alpha value is -2.80. The van der Waals surface area contributed by atoms with Crippen LogP contribution in [-0.4, -0.2) is 15.0 Å². The van der Waals surface area contributed by atoms with E-state index >= 15 is 0 Å². The molecule has 0 bridgehead atoms. The first-order chi connectivity index (χ1) is 11.0. The molecule has 0 saturated heterocycles. The number of aliphatic hydroxyl groups excluding tert-OH is 1. The summed E-state index contributed by atoms with van der Waals surface area (Å²) in [7, 11) is 0. The molecule has 7 heteroatoms. The van der Waals surface area contributed by atoms with Gasteiger partial charge in [0.15, 0.2) is 0 Å². The number of nitro groups is 2. The minimum absolute atomic E-state index is 0.00756. The molecule has 0 aliphatic rings. The molecule has 1 unspecified atom stereocenters. The molecule has 0 spiro atoms. The first-order valence-electron chi connectivity index (χ1n) is 7.13. The number of aliphatic hydroxyl groups is 1. The first-order valence-corrected chi connectivity index (χ1v) is 7.13. The zero-order valence-electron chi connectivity index (χ0n) is 12.3. The van der Waals surface area contributed by atoms with Crippen LogP contribution in [0.2, 0.25) is 0 Å². The summed E-state index contributed by atoms with van der Waals surface area (Å²) in [6.07, 6.45) is 1.22. The maximum atomic E-state index is 10.6. The predicted octanol–water partition coefficient (Wildman–Crippen LogP) is 3.56. The van der Waals surface area contributed by atoms with Gasteiger partial charge in [-0.2, -0.15) is 0 Å². The topological polar surface area (TPSA) is 107 Å². The number of nitro benzene ring substituents is 2. The van der Waals surface area contributed by atoms with E-state index in [2.05, 4.69) is 0 Å². The molecular formula is C16H16N2O5. The van der Waals surface area contributed by atoms with Crippen molar-refractivity contribution >= 4 is 11.4 Å². The fraction of sp³-hybridized carbons (Fsp3) is 0.250. The van der Waals surface area contributed by atoms with Crippen LogP contribution in [0.15, 0.2) is 48.5 Å². The van der Waals surface area contributed by atoms with Crippen LogP contribution >= 0.6 is 0 Å². The Morgan fingerprint density at radius 2 is 1.35 bits per heavy atom. The van der Waals surface area contributed by atoms with Gasteiger partial charge in [-0.25, -0.2) is 0 Å². The quantitative estimate of drug-likeness (QED) is 0.621. The molecule has 120 valence electrons. The van der Waals surface area contributed by atoms with Crippen molar-refractivity contribution in [2.75, 3.05) is 0 Å². The number of benzene rings is 2. The summed E-state index contributed by atoms with van der Waals surface area (Å²) in [6, 6.07) is 12.2. The van der Waals surface area contributed by atoms with Crippen molar-refractivity contribution in [3.05, 3.63) is 79.9 Å². The zero-order chi connectivity index (χ0) is 16.8. The third-order valence-electron chi connectivity index (χ3n) is 3.58. The Kier molecular flexibility index (Phi) is 5.37. The molecule has 0 aliphatic heterocycles. The van der Waals surface area contributed by atoms with Crippen LogP contribution < -0.4 is 0 Å². The van der Waals surface area contributed by atoms with Gasteiger partial charge in [-0.3, -0.25) is 20.2 Å². The fourth-order valence-corrected chi connectivity index (χ4v) is 2.27. The number of hydrogen-bond donors (Lipinski definition) is 1. The molecule has 0 aromatic heterocycles. The number of nitrogens with zero attached hydrogens (tertiary/aromatic N) is 2. The van der Waals surface area contributed by atoms with Gasteiger partial charge >= 0.3 is 0 Å². The summed E-state index contributed by atoms with van der Waals surface area (Å²) in [6.45, 7) is 0. The van der Waals surface area contributed by atoms with Crippen molar-refractivity contribution < 1.29 is 15.0 Å². The molecule has 0 fully saturated rings. The third-order valence-corrected chi connectivity index (χ3v) is 3.58. The van der Waals surface area contributed by atoms with Crippen LogP contribution in [0.3, 0.4) is 0 Å². The Bertz CT molecular complexity index is 683. The van der Waals surface area contributed by atoms with Crippen molar-refractivity contribution in [3.8, 4) is 0 Å². The first kappa shape index (κ1) is 16.6. The Morgan fingerprint density at radius 1 is 0.870 bits per heavy atom. The van der Waals surface area contributed by atoms with E-state index in [1.54, 1.807) is 24.3 Å². The van der Waals surface area contributed by atoms with Crippen LogP contribution in [0.1, 0.15) is 30.1 Å². The standard InChI is InChI=1S/C16H16N2O5/c19-16(13-6-10-15(11-7-13)18(22)23)3-1-2-12-4-8-14(9-5-12)17(20)21/h4-11,16,19H,1-3H2. The lowest BCUT2D eigenvalue weighted by Crippen LogP contribution is -1.99. The summed E-state index contributed by atoms with van der Waals surface area (Å²) in [4.78, 5) is 20.2. The molecule has 23 heavy (non-hydrogen) atoms. The smallest absolute Gasteiger partial charge is 0.269 e. The van der Waals surface area contributed by atoms with Crippen molar-refractivity contribution in [2.45, 2.75) is 25.4 Å². The van der Waals surface area contributed by atoms with E-state index in [-0.39, 0.29) is 11.4 Å². The monoisotopic (exact) mass is 316 g/mol. The van der Waals surface area contributed by atoms with E-state index in [1.807, 2.05) is 0 Å². The van der Waals surface area contributed by atoms with Gasteiger partial charge in [0, 0.05) is 24.3 Å². The van der Waals surface area contributed by atoms with Gasteiger partial charge in [-0.1, -0.05) is 12.1 Å². The van der Waals surface area contributed by atoms with Gasteiger partial charge in [0.2, 0.25) is 0 Å². The van der Waals surface area contributed by atoms with Crippen molar-refractivity contribution in [1.29, 1.82) is 0 Å². The average Bonchev–Trinajstić information content (AvgIpc) is 2.55. The molecule has 1 atom stereocenters. The van der Waals surface area contributed by atoms with Gasteiger partial charge in [0.25, 0.3) is 11.4 Å². The van der Waals surface area contributed by atoms with Crippen LogP contribution in [0.25, 0.3) is 0 Å². The van der Waals surface area contributed by atoms with E-state index < -0.39 is 16.0 Å². The lowest BCUT2D eigenvalue weighted by Gasteiger charge is -2.10. The summed E-state index contributed by atoms with van der Waals surface area (Å²) in [5, 5.41) is 31.2. The maximum absolute atomic E-state index is 10.6. The van der Waals surface area contributed by atoms with E-state index in [0.717, 1.165) is 5.56 Å². The Balaban J connectivity index is 1.85. The average molecular weight is 316 g/mol. The van der Waals surface area contributed by atoms with E-state index in [1.165, 1.54) is 24.3 Å². The normalized spacial score (nSPS) is 11.9.